The van der Waals surface area contributed by atoms with Crippen LogP contribution in [0.1, 0.15) is 85.5 Å². The van der Waals surface area contributed by atoms with Crippen LogP contribution in [0.15, 0.2) is 30.4 Å². The summed E-state index contributed by atoms with van der Waals surface area (Å²) < 4.78 is 28.7. The van der Waals surface area contributed by atoms with Crippen molar-refractivity contribution in [3.63, 3.8) is 0 Å². The summed E-state index contributed by atoms with van der Waals surface area (Å²) in [5, 5.41) is 0.895. The van der Waals surface area contributed by atoms with Gasteiger partial charge in [0.15, 0.2) is 0 Å². The third-order valence-corrected chi connectivity index (χ3v) is 10.4. The second-order valence-electron chi connectivity index (χ2n) is 13.3. The average Bonchev–Trinajstić information content (AvgIpc) is 3.31. The van der Waals surface area contributed by atoms with Crippen LogP contribution in [-0.2, 0) is 30.2 Å². The van der Waals surface area contributed by atoms with E-state index in [2.05, 4.69) is 18.7 Å². The largest absolute Gasteiger partial charge is 0.509 e. The Bertz CT molecular complexity index is 1420. The lowest BCUT2D eigenvalue weighted by Gasteiger charge is -2.42. The SMILES string of the molecule is CCSC(CC(=O)OC)(C[C@H]1c2c(c3c(OC)cccc3n2C(=O)OC(C)(C)C)CCN1C/C=C/COC(=O)OC(C)(C)C)SCC. The quantitative estimate of drug-likeness (QED) is 0.0883. The molecule has 47 heavy (non-hydrogen) atoms. The Morgan fingerprint density at radius 2 is 1.62 bits per heavy atom. The van der Waals surface area contributed by atoms with Gasteiger partial charge in [-0.2, -0.15) is 0 Å². The lowest BCUT2D eigenvalue weighted by Crippen LogP contribution is -2.42. The minimum absolute atomic E-state index is 0.0672. The first-order chi connectivity index (χ1) is 22.1. The van der Waals surface area contributed by atoms with Crippen LogP contribution < -0.4 is 4.74 Å². The van der Waals surface area contributed by atoms with E-state index in [4.69, 9.17) is 23.7 Å². The van der Waals surface area contributed by atoms with Gasteiger partial charge in [0.2, 0.25) is 0 Å². The molecule has 1 aliphatic rings. The van der Waals surface area contributed by atoms with Crippen LogP contribution >= 0.6 is 23.5 Å². The number of carbonyl (C=O) groups is 3. The van der Waals surface area contributed by atoms with Crippen molar-refractivity contribution in [2.75, 3.05) is 45.4 Å². The van der Waals surface area contributed by atoms with Crippen molar-refractivity contribution >= 4 is 52.6 Å². The highest BCUT2D eigenvalue weighted by Gasteiger charge is 2.43. The number of hydrogen-bond acceptors (Lipinski definition) is 11. The van der Waals surface area contributed by atoms with Gasteiger partial charge in [0.1, 0.15) is 23.6 Å². The molecule has 3 rings (SSSR count). The molecule has 1 atom stereocenters. The number of aromatic nitrogens is 1. The number of benzene rings is 1. The van der Waals surface area contributed by atoms with E-state index in [1.165, 1.54) is 7.11 Å². The van der Waals surface area contributed by atoms with E-state index < -0.39 is 27.5 Å². The molecule has 1 aromatic carbocycles. The van der Waals surface area contributed by atoms with Gasteiger partial charge in [-0.25, -0.2) is 14.2 Å². The van der Waals surface area contributed by atoms with Gasteiger partial charge >= 0.3 is 18.2 Å². The van der Waals surface area contributed by atoms with E-state index in [0.29, 0.717) is 31.7 Å². The smallest absolute Gasteiger partial charge is 0.496 e. The van der Waals surface area contributed by atoms with Crippen molar-refractivity contribution < 1.29 is 38.1 Å². The molecule has 0 amide bonds. The molecule has 262 valence electrons. The predicted octanol–water partition coefficient (Wildman–Crippen LogP) is 8.00. The highest BCUT2D eigenvalue weighted by atomic mass is 32.2. The highest BCUT2D eigenvalue weighted by molar-refractivity contribution is 8.18. The molecule has 0 radical (unpaired) electrons. The molecular formula is C35H52N2O8S2. The van der Waals surface area contributed by atoms with Crippen LogP contribution in [0.3, 0.4) is 0 Å². The van der Waals surface area contributed by atoms with E-state index in [9.17, 15) is 14.4 Å². The average molecular weight is 693 g/mol. The number of thioether (sulfide) groups is 2. The van der Waals surface area contributed by atoms with Gasteiger partial charge in [0.25, 0.3) is 0 Å². The summed E-state index contributed by atoms with van der Waals surface area (Å²) in [5.74, 6) is 2.02. The monoisotopic (exact) mass is 692 g/mol. The maximum absolute atomic E-state index is 14.1. The maximum atomic E-state index is 14.1. The Kier molecular flexibility index (Phi) is 13.6. The minimum Gasteiger partial charge on any atom is -0.496 e. The number of fused-ring (bicyclic) bond motifs is 3. The number of rotatable bonds is 13. The molecule has 0 saturated carbocycles. The second-order valence-corrected chi connectivity index (χ2v) is 16.8. The zero-order chi connectivity index (χ0) is 35.0. The van der Waals surface area contributed by atoms with E-state index in [0.717, 1.165) is 33.7 Å². The molecule has 0 saturated heterocycles. The van der Waals surface area contributed by atoms with Crippen LogP contribution in [0.4, 0.5) is 9.59 Å². The van der Waals surface area contributed by atoms with E-state index in [1.54, 1.807) is 62.0 Å². The van der Waals surface area contributed by atoms with Crippen molar-refractivity contribution in [2.24, 2.45) is 0 Å². The topological polar surface area (TPSA) is 106 Å². The van der Waals surface area contributed by atoms with Crippen molar-refractivity contribution in [1.29, 1.82) is 0 Å². The summed E-state index contributed by atoms with van der Waals surface area (Å²) >= 11 is 3.47. The van der Waals surface area contributed by atoms with E-state index in [1.807, 2.05) is 45.0 Å². The normalized spacial score (nSPS) is 15.8. The van der Waals surface area contributed by atoms with Gasteiger partial charge in [-0.15, -0.1) is 23.5 Å². The third-order valence-electron chi connectivity index (χ3n) is 7.45. The second kappa shape index (κ2) is 16.5. The first-order valence-corrected chi connectivity index (χ1v) is 18.1. The molecule has 0 N–H and O–H groups in total. The molecule has 0 fully saturated rings. The van der Waals surface area contributed by atoms with Gasteiger partial charge in [-0.1, -0.05) is 26.0 Å². The van der Waals surface area contributed by atoms with Crippen molar-refractivity contribution in [3.8, 4) is 5.75 Å². The van der Waals surface area contributed by atoms with Crippen molar-refractivity contribution in [1.82, 2.24) is 9.47 Å². The van der Waals surface area contributed by atoms with Crippen molar-refractivity contribution in [2.45, 2.75) is 96.0 Å². The lowest BCUT2D eigenvalue weighted by molar-refractivity contribution is -0.140. The zero-order valence-corrected chi connectivity index (χ0v) is 31.2. The summed E-state index contributed by atoms with van der Waals surface area (Å²) in [7, 11) is 3.06. The molecule has 10 nitrogen and oxygen atoms in total. The Labute approximate surface area is 288 Å². The number of hydrogen-bond donors (Lipinski definition) is 0. The summed E-state index contributed by atoms with van der Waals surface area (Å²) in [5.41, 5.74) is 1.24. The Morgan fingerprint density at radius 1 is 0.957 bits per heavy atom. The van der Waals surface area contributed by atoms with Crippen LogP contribution in [0, 0.1) is 0 Å². The fourth-order valence-corrected chi connectivity index (χ4v) is 8.91. The summed E-state index contributed by atoms with van der Waals surface area (Å²) in [6.45, 7) is 16.4. The fourth-order valence-electron chi connectivity index (χ4n) is 5.83. The number of carbonyl (C=O) groups excluding carboxylic acids is 3. The number of methoxy groups -OCH3 is 2. The van der Waals surface area contributed by atoms with Crippen LogP contribution in [0.5, 0.6) is 5.75 Å². The van der Waals surface area contributed by atoms with Crippen LogP contribution in [0.25, 0.3) is 10.9 Å². The maximum Gasteiger partial charge on any atom is 0.509 e. The number of esters is 1. The van der Waals surface area contributed by atoms with Crippen LogP contribution in [-0.4, -0.2) is 88.4 Å². The Balaban J connectivity index is 2.16. The summed E-state index contributed by atoms with van der Waals surface area (Å²) in [4.78, 5) is 41.3. The number of nitrogens with zero attached hydrogens (tertiary/aromatic N) is 2. The van der Waals surface area contributed by atoms with Gasteiger partial charge in [0.05, 0.1) is 42.0 Å². The predicted molar refractivity (Wildman–Crippen MR) is 190 cm³/mol. The van der Waals surface area contributed by atoms with Gasteiger partial charge in [0, 0.05) is 18.5 Å². The summed E-state index contributed by atoms with van der Waals surface area (Å²) in [6.07, 6.45) is 4.03. The molecule has 0 unspecified atom stereocenters. The third kappa shape index (κ3) is 10.3. The molecule has 1 aliphatic heterocycles. The van der Waals surface area contributed by atoms with Gasteiger partial charge in [-0.3, -0.25) is 9.69 Å². The first-order valence-electron chi connectivity index (χ1n) is 16.1. The Morgan fingerprint density at radius 3 is 2.19 bits per heavy atom. The molecule has 0 bridgehead atoms. The zero-order valence-electron chi connectivity index (χ0n) is 29.6. The standard InChI is InChI=1S/C35H52N2O8S2/c1-11-46-35(47-12-2,23-28(38)42-10)22-26-30-24(18-20-36(26)19-13-14-21-43-32(40)45-34(6,7)8)29-25(16-15-17-27(29)41-9)37(30)31(39)44-33(3,4)5/h13-17,26H,11-12,18-23H2,1-10H3/b14-13+/t26-/m0/s1. The minimum atomic E-state index is -0.723. The summed E-state index contributed by atoms with van der Waals surface area (Å²) in [6, 6.07) is 5.45. The molecule has 2 heterocycles. The van der Waals surface area contributed by atoms with Gasteiger partial charge in [-0.05, 0) is 89.7 Å². The first kappa shape index (κ1) is 38.6. The molecule has 2 aromatic rings. The van der Waals surface area contributed by atoms with E-state index in [-0.39, 0.29) is 25.0 Å². The molecule has 12 heteroatoms. The molecule has 0 spiro atoms. The Hall–Kier alpha value is -2.83. The molecule has 1 aromatic heterocycles. The molecule has 0 aliphatic carbocycles. The lowest BCUT2D eigenvalue weighted by atomic mass is 9.93. The van der Waals surface area contributed by atoms with E-state index >= 15 is 0 Å². The van der Waals surface area contributed by atoms with Crippen LogP contribution in [0.2, 0.25) is 0 Å². The molecular weight excluding hydrogens is 641 g/mol. The number of ether oxygens (including phenoxy) is 5. The van der Waals surface area contributed by atoms with Crippen molar-refractivity contribution in [3.05, 3.63) is 41.6 Å². The fraction of sp³-hybridized carbons (Fsp3) is 0.629. The highest BCUT2D eigenvalue weighted by Crippen LogP contribution is 2.51. The van der Waals surface area contributed by atoms with Gasteiger partial charge < -0.3 is 23.7 Å².